The van der Waals surface area contributed by atoms with E-state index in [-0.39, 0.29) is 6.10 Å². The molecule has 0 aliphatic carbocycles. The van der Waals surface area contributed by atoms with Crippen LogP contribution >= 0.6 is 0 Å². The lowest BCUT2D eigenvalue weighted by molar-refractivity contribution is 0.0716. The van der Waals surface area contributed by atoms with E-state index in [1.165, 1.54) is 12.0 Å². The highest BCUT2D eigenvalue weighted by Gasteiger charge is 2.04. The van der Waals surface area contributed by atoms with Crippen LogP contribution in [0.3, 0.4) is 0 Å². The summed E-state index contributed by atoms with van der Waals surface area (Å²) in [6.07, 6.45) is 1.30. The summed E-state index contributed by atoms with van der Waals surface area (Å²) >= 11 is 0. The molecular weight excluding hydrogens is 200 g/mol. The zero-order chi connectivity index (χ0) is 12.0. The summed E-state index contributed by atoms with van der Waals surface area (Å²) in [6.45, 7) is 7.03. The predicted molar refractivity (Wildman–Crippen MR) is 67.1 cm³/mol. The molecule has 90 valence electrons. The van der Waals surface area contributed by atoms with Crippen molar-refractivity contribution in [3.8, 4) is 5.75 Å². The second-order valence-corrected chi connectivity index (χ2v) is 4.24. The van der Waals surface area contributed by atoms with Crippen molar-refractivity contribution in [1.29, 1.82) is 0 Å². The van der Waals surface area contributed by atoms with Gasteiger partial charge in [0.15, 0.2) is 0 Å². The summed E-state index contributed by atoms with van der Waals surface area (Å²) in [4.78, 5) is 0. The molecule has 0 N–H and O–H groups in total. The van der Waals surface area contributed by atoms with E-state index >= 15 is 0 Å². The van der Waals surface area contributed by atoms with Gasteiger partial charge in [0.05, 0.1) is 6.10 Å². The lowest BCUT2D eigenvalue weighted by Gasteiger charge is -2.13. The summed E-state index contributed by atoms with van der Waals surface area (Å²) in [5.74, 6) is 1.53. The van der Waals surface area contributed by atoms with E-state index in [1.807, 2.05) is 19.1 Å². The van der Waals surface area contributed by atoms with Crippen molar-refractivity contribution in [3.05, 3.63) is 29.8 Å². The Morgan fingerprint density at radius 3 is 2.25 bits per heavy atom. The first kappa shape index (κ1) is 13.0. The zero-order valence-corrected chi connectivity index (χ0v) is 10.7. The van der Waals surface area contributed by atoms with Gasteiger partial charge in [0, 0.05) is 7.11 Å². The van der Waals surface area contributed by atoms with Crippen molar-refractivity contribution in [3.63, 3.8) is 0 Å². The first-order chi connectivity index (χ1) is 7.67. The third-order valence-corrected chi connectivity index (χ3v) is 2.95. The summed E-state index contributed by atoms with van der Waals surface area (Å²) in [6, 6.07) is 8.34. The highest BCUT2D eigenvalue weighted by atomic mass is 16.5. The quantitative estimate of drug-likeness (QED) is 0.732. The van der Waals surface area contributed by atoms with Crippen molar-refractivity contribution in [2.75, 3.05) is 13.7 Å². The summed E-state index contributed by atoms with van der Waals surface area (Å²) in [7, 11) is 1.69. The standard InChI is InChI=1S/C14H22O2/c1-5-11(2)13-6-8-14(9-7-13)16-10-12(3)15-4/h6-9,11-12H,5,10H2,1-4H3. The van der Waals surface area contributed by atoms with Gasteiger partial charge < -0.3 is 9.47 Å². The largest absolute Gasteiger partial charge is 0.491 e. The van der Waals surface area contributed by atoms with Crippen molar-refractivity contribution >= 4 is 0 Å². The highest BCUT2D eigenvalue weighted by Crippen LogP contribution is 2.21. The molecule has 16 heavy (non-hydrogen) atoms. The molecule has 0 bridgehead atoms. The minimum absolute atomic E-state index is 0.134. The normalized spacial score (nSPS) is 14.5. The van der Waals surface area contributed by atoms with Gasteiger partial charge in [-0.05, 0) is 37.0 Å². The van der Waals surface area contributed by atoms with E-state index in [9.17, 15) is 0 Å². The minimum atomic E-state index is 0.134. The Kier molecular flexibility index (Phi) is 5.33. The van der Waals surface area contributed by atoms with Crippen LogP contribution in [0.25, 0.3) is 0 Å². The van der Waals surface area contributed by atoms with Crippen LogP contribution in [0.5, 0.6) is 5.75 Å². The maximum absolute atomic E-state index is 5.60. The van der Waals surface area contributed by atoms with Crippen molar-refractivity contribution in [1.82, 2.24) is 0 Å². The molecule has 0 aliphatic heterocycles. The van der Waals surface area contributed by atoms with Crippen molar-refractivity contribution < 1.29 is 9.47 Å². The van der Waals surface area contributed by atoms with Gasteiger partial charge in [-0.25, -0.2) is 0 Å². The molecule has 2 atom stereocenters. The van der Waals surface area contributed by atoms with Crippen LogP contribution < -0.4 is 4.74 Å². The second kappa shape index (κ2) is 6.54. The maximum atomic E-state index is 5.60. The molecule has 1 aromatic carbocycles. The molecule has 2 unspecified atom stereocenters. The van der Waals surface area contributed by atoms with Gasteiger partial charge in [0.25, 0.3) is 0 Å². The van der Waals surface area contributed by atoms with Crippen LogP contribution in [0.15, 0.2) is 24.3 Å². The smallest absolute Gasteiger partial charge is 0.119 e. The van der Waals surface area contributed by atoms with Gasteiger partial charge in [-0.15, -0.1) is 0 Å². The number of benzene rings is 1. The zero-order valence-electron chi connectivity index (χ0n) is 10.7. The van der Waals surface area contributed by atoms with E-state index in [4.69, 9.17) is 9.47 Å². The van der Waals surface area contributed by atoms with Gasteiger partial charge in [-0.1, -0.05) is 26.0 Å². The predicted octanol–water partition coefficient (Wildman–Crippen LogP) is 3.61. The fraction of sp³-hybridized carbons (Fsp3) is 0.571. The Labute approximate surface area is 98.6 Å². The highest BCUT2D eigenvalue weighted by molar-refractivity contribution is 5.29. The summed E-state index contributed by atoms with van der Waals surface area (Å²) in [5, 5.41) is 0. The molecule has 0 saturated carbocycles. The van der Waals surface area contributed by atoms with Gasteiger partial charge in [0.1, 0.15) is 12.4 Å². The lowest BCUT2D eigenvalue weighted by atomic mass is 9.99. The van der Waals surface area contributed by atoms with Gasteiger partial charge >= 0.3 is 0 Å². The van der Waals surface area contributed by atoms with Crippen LogP contribution in [0.1, 0.15) is 38.7 Å². The number of hydrogen-bond donors (Lipinski definition) is 0. The second-order valence-electron chi connectivity index (χ2n) is 4.24. The lowest BCUT2D eigenvalue weighted by Crippen LogP contribution is -2.15. The summed E-state index contributed by atoms with van der Waals surface area (Å²) < 4.78 is 10.7. The van der Waals surface area contributed by atoms with E-state index in [1.54, 1.807) is 7.11 Å². The fourth-order valence-electron chi connectivity index (χ4n) is 1.41. The first-order valence-electron chi connectivity index (χ1n) is 5.93. The third-order valence-electron chi connectivity index (χ3n) is 2.95. The molecule has 0 radical (unpaired) electrons. The molecule has 1 rings (SSSR count). The van der Waals surface area contributed by atoms with Gasteiger partial charge in [-0.2, -0.15) is 0 Å². The van der Waals surface area contributed by atoms with Crippen LogP contribution in [0, 0.1) is 0 Å². The molecule has 0 fully saturated rings. The fourth-order valence-corrected chi connectivity index (χ4v) is 1.41. The molecule has 0 saturated heterocycles. The minimum Gasteiger partial charge on any atom is -0.491 e. The molecule has 2 nitrogen and oxygen atoms in total. The van der Waals surface area contributed by atoms with Crippen LogP contribution in [0.2, 0.25) is 0 Å². The number of rotatable bonds is 6. The molecular formula is C14H22O2. The Balaban J connectivity index is 2.51. The molecule has 0 amide bonds. The average molecular weight is 222 g/mol. The molecule has 0 heterocycles. The molecule has 0 aliphatic rings. The molecule has 0 spiro atoms. The topological polar surface area (TPSA) is 18.5 Å². The Bertz CT molecular complexity index is 292. The molecule has 2 heteroatoms. The maximum Gasteiger partial charge on any atom is 0.119 e. The first-order valence-corrected chi connectivity index (χ1v) is 5.93. The van der Waals surface area contributed by atoms with Crippen LogP contribution in [0.4, 0.5) is 0 Å². The van der Waals surface area contributed by atoms with Crippen LogP contribution in [-0.4, -0.2) is 19.8 Å². The Morgan fingerprint density at radius 2 is 1.75 bits per heavy atom. The van der Waals surface area contributed by atoms with E-state index in [0.29, 0.717) is 12.5 Å². The van der Waals surface area contributed by atoms with Crippen molar-refractivity contribution in [2.24, 2.45) is 0 Å². The van der Waals surface area contributed by atoms with Gasteiger partial charge in [0.2, 0.25) is 0 Å². The SMILES string of the molecule is CCC(C)c1ccc(OCC(C)OC)cc1. The van der Waals surface area contributed by atoms with Crippen molar-refractivity contribution in [2.45, 2.75) is 39.2 Å². The number of hydrogen-bond acceptors (Lipinski definition) is 2. The molecule has 0 aromatic heterocycles. The van der Waals surface area contributed by atoms with E-state index < -0.39 is 0 Å². The Morgan fingerprint density at radius 1 is 1.12 bits per heavy atom. The molecule has 1 aromatic rings. The summed E-state index contributed by atoms with van der Waals surface area (Å²) in [5.41, 5.74) is 1.37. The third kappa shape index (κ3) is 3.86. The van der Waals surface area contributed by atoms with E-state index in [0.717, 1.165) is 5.75 Å². The monoisotopic (exact) mass is 222 g/mol. The van der Waals surface area contributed by atoms with Gasteiger partial charge in [-0.3, -0.25) is 0 Å². The Hall–Kier alpha value is -1.02. The average Bonchev–Trinajstić information content (AvgIpc) is 2.35. The van der Waals surface area contributed by atoms with Crippen LogP contribution in [-0.2, 0) is 4.74 Å². The number of ether oxygens (including phenoxy) is 2. The number of methoxy groups -OCH3 is 1. The van der Waals surface area contributed by atoms with E-state index in [2.05, 4.69) is 26.0 Å².